The third-order valence-electron chi connectivity index (χ3n) is 3.10. The lowest BCUT2D eigenvalue weighted by Crippen LogP contribution is -2.15. The molecule has 0 spiro atoms. The van der Waals surface area contributed by atoms with Gasteiger partial charge in [0.2, 0.25) is 0 Å². The van der Waals surface area contributed by atoms with Crippen LogP contribution in [0.15, 0.2) is 42.5 Å². The van der Waals surface area contributed by atoms with E-state index in [-0.39, 0.29) is 0 Å². The van der Waals surface area contributed by atoms with Crippen LogP contribution in [0, 0.1) is 18.8 Å². The number of benzene rings is 1. The van der Waals surface area contributed by atoms with Crippen LogP contribution in [-0.4, -0.2) is 37.1 Å². The largest absolute Gasteiger partial charge is 0.491 e. The summed E-state index contributed by atoms with van der Waals surface area (Å²) < 4.78 is 5.84. The van der Waals surface area contributed by atoms with Crippen molar-refractivity contribution in [2.24, 2.45) is 0 Å². The van der Waals surface area contributed by atoms with Gasteiger partial charge in [0.15, 0.2) is 11.4 Å². The summed E-state index contributed by atoms with van der Waals surface area (Å²) in [4.78, 5) is 6.64. The molecule has 2 rings (SSSR count). The number of aryl methyl sites for hydroxylation is 1. The molecule has 0 aliphatic heterocycles. The molecule has 3 nitrogen and oxygen atoms in total. The number of hydrogen-bond donors (Lipinski definition) is 0. The van der Waals surface area contributed by atoms with Gasteiger partial charge in [-0.3, -0.25) is 0 Å². The summed E-state index contributed by atoms with van der Waals surface area (Å²) in [6.45, 7) is 3.64. The average molecular weight is 294 g/mol. The first kappa shape index (κ1) is 16.1. The van der Waals surface area contributed by atoms with Crippen molar-refractivity contribution in [3.05, 3.63) is 59.4 Å². The summed E-state index contributed by atoms with van der Waals surface area (Å²) >= 11 is 0. The van der Waals surface area contributed by atoms with Gasteiger partial charge in [0.1, 0.15) is 0 Å². The first-order chi connectivity index (χ1) is 10.6. The number of aromatic nitrogens is 1. The molecule has 0 N–H and O–H groups in total. The second-order valence-corrected chi connectivity index (χ2v) is 5.42. The SMILES string of the molecule is Cc1ccc(OCCCN(C)C)c(C#Cc2ccccc2)n1. The maximum atomic E-state index is 5.84. The minimum absolute atomic E-state index is 0.670. The molecule has 1 heterocycles. The van der Waals surface area contributed by atoms with E-state index in [0.717, 1.165) is 30.0 Å². The van der Waals surface area contributed by atoms with Gasteiger partial charge in [0, 0.05) is 17.8 Å². The van der Waals surface area contributed by atoms with Crippen molar-refractivity contribution in [3.63, 3.8) is 0 Å². The van der Waals surface area contributed by atoms with Gasteiger partial charge in [-0.2, -0.15) is 0 Å². The maximum absolute atomic E-state index is 5.84. The van der Waals surface area contributed by atoms with Gasteiger partial charge >= 0.3 is 0 Å². The van der Waals surface area contributed by atoms with Crippen molar-refractivity contribution < 1.29 is 4.74 Å². The molecule has 22 heavy (non-hydrogen) atoms. The smallest absolute Gasteiger partial charge is 0.155 e. The van der Waals surface area contributed by atoms with Crippen LogP contribution in [0.2, 0.25) is 0 Å². The molecule has 114 valence electrons. The molecule has 0 amide bonds. The first-order valence-electron chi connectivity index (χ1n) is 7.47. The van der Waals surface area contributed by atoms with Crippen molar-refractivity contribution in [3.8, 4) is 17.6 Å². The topological polar surface area (TPSA) is 25.4 Å². The lowest BCUT2D eigenvalue weighted by atomic mass is 10.2. The standard InChI is InChI=1S/C19H22N2O/c1-16-10-13-19(22-15-7-14-21(2)3)18(20-16)12-11-17-8-5-4-6-9-17/h4-6,8-10,13H,7,14-15H2,1-3H3. The zero-order valence-corrected chi connectivity index (χ0v) is 13.5. The third kappa shape index (κ3) is 5.23. The van der Waals surface area contributed by atoms with Gasteiger partial charge < -0.3 is 9.64 Å². The molecule has 0 saturated carbocycles. The Bertz CT molecular complexity index is 654. The Balaban J connectivity index is 2.09. The molecule has 0 fully saturated rings. The summed E-state index contributed by atoms with van der Waals surface area (Å²) in [6, 6.07) is 13.8. The second-order valence-electron chi connectivity index (χ2n) is 5.42. The number of pyridine rings is 1. The highest BCUT2D eigenvalue weighted by molar-refractivity contribution is 5.46. The van der Waals surface area contributed by atoms with Gasteiger partial charge in [0.25, 0.3) is 0 Å². The van der Waals surface area contributed by atoms with Gasteiger partial charge in [-0.15, -0.1) is 0 Å². The van der Waals surface area contributed by atoms with Crippen LogP contribution in [0.1, 0.15) is 23.4 Å². The molecule has 0 aliphatic rings. The summed E-state index contributed by atoms with van der Waals surface area (Å²) in [5, 5.41) is 0. The molecule has 0 aliphatic carbocycles. The number of nitrogens with zero attached hydrogens (tertiary/aromatic N) is 2. The normalized spacial score (nSPS) is 10.2. The predicted octanol–water partition coefficient (Wildman–Crippen LogP) is 3.12. The minimum atomic E-state index is 0.670. The number of rotatable bonds is 5. The summed E-state index contributed by atoms with van der Waals surface area (Å²) in [5.41, 5.74) is 2.62. The molecular weight excluding hydrogens is 272 g/mol. The highest BCUT2D eigenvalue weighted by Gasteiger charge is 2.03. The van der Waals surface area contributed by atoms with E-state index in [9.17, 15) is 0 Å². The Morgan fingerprint density at radius 3 is 2.55 bits per heavy atom. The molecule has 2 aromatic rings. The Kier molecular flexibility index (Phi) is 6.00. The van der Waals surface area contributed by atoms with Crippen molar-refractivity contribution in [1.29, 1.82) is 0 Å². The van der Waals surface area contributed by atoms with Crippen molar-refractivity contribution >= 4 is 0 Å². The maximum Gasteiger partial charge on any atom is 0.155 e. The van der Waals surface area contributed by atoms with Gasteiger partial charge in [0.05, 0.1) is 6.61 Å². The molecule has 0 radical (unpaired) electrons. The fourth-order valence-corrected chi connectivity index (χ4v) is 1.97. The molecule has 0 unspecified atom stereocenters. The van der Waals surface area contributed by atoms with Crippen molar-refractivity contribution in [2.45, 2.75) is 13.3 Å². The van der Waals surface area contributed by atoms with Crippen LogP contribution < -0.4 is 4.74 Å². The molecule has 0 bridgehead atoms. The van der Waals surface area contributed by atoms with E-state index >= 15 is 0 Å². The van der Waals surface area contributed by atoms with Gasteiger partial charge in [-0.25, -0.2) is 4.98 Å². The van der Waals surface area contributed by atoms with E-state index in [1.165, 1.54) is 0 Å². The third-order valence-corrected chi connectivity index (χ3v) is 3.10. The van der Waals surface area contributed by atoms with Crippen LogP contribution in [0.5, 0.6) is 5.75 Å². The predicted molar refractivity (Wildman–Crippen MR) is 90.1 cm³/mol. The quantitative estimate of drug-likeness (QED) is 0.626. The van der Waals surface area contributed by atoms with E-state index in [2.05, 4.69) is 35.8 Å². The lowest BCUT2D eigenvalue weighted by Gasteiger charge is -2.11. The van der Waals surface area contributed by atoms with Crippen LogP contribution >= 0.6 is 0 Å². The van der Waals surface area contributed by atoms with Crippen LogP contribution in [-0.2, 0) is 0 Å². The van der Waals surface area contributed by atoms with Gasteiger partial charge in [-0.05, 0) is 57.6 Å². The monoisotopic (exact) mass is 294 g/mol. The first-order valence-corrected chi connectivity index (χ1v) is 7.47. The van der Waals surface area contributed by atoms with E-state index in [4.69, 9.17) is 4.74 Å². The van der Waals surface area contributed by atoms with Gasteiger partial charge in [-0.1, -0.05) is 24.1 Å². The average Bonchev–Trinajstić information content (AvgIpc) is 2.52. The van der Waals surface area contributed by atoms with Crippen LogP contribution in [0.4, 0.5) is 0 Å². The van der Waals surface area contributed by atoms with Crippen LogP contribution in [0.25, 0.3) is 0 Å². The second kappa shape index (κ2) is 8.21. The molecule has 0 saturated heterocycles. The van der Waals surface area contributed by atoms with Crippen molar-refractivity contribution in [1.82, 2.24) is 9.88 Å². The molecule has 1 aromatic heterocycles. The molecule has 0 atom stereocenters. The Labute approximate surface area is 133 Å². The zero-order chi connectivity index (χ0) is 15.8. The highest BCUT2D eigenvalue weighted by Crippen LogP contribution is 2.16. The summed E-state index contributed by atoms with van der Waals surface area (Å²) in [6.07, 6.45) is 0.979. The zero-order valence-electron chi connectivity index (χ0n) is 13.5. The molecular formula is C19H22N2O. The Hall–Kier alpha value is -2.31. The van der Waals surface area contributed by atoms with Crippen molar-refractivity contribution in [2.75, 3.05) is 27.2 Å². The number of hydrogen-bond acceptors (Lipinski definition) is 3. The Morgan fingerprint density at radius 1 is 1.05 bits per heavy atom. The molecule has 1 aromatic carbocycles. The fourth-order valence-electron chi connectivity index (χ4n) is 1.97. The van der Waals surface area contributed by atoms with E-state index < -0.39 is 0 Å². The summed E-state index contributed by atoms with van der Waals surface area (Å²) in [7, 11) is 4.12. The van der Waals surface area contributed by atoms with Crippen LogP contribution in [0.3, 0.4) is 0 Å². The Morgan fingerprint density at radius 2 is 1.82 bits per heavy atom. The van der Waals surface area contributed by atoms with E-state index in [0.29, 0.717) is 12.3 Å². The number of ether oxygens (including phenoxy) is 1. The van der Waals surface area contributed by atoms with E-state index in [1.54, 1.807) is 0 Å². The lowest BCUT2D eigenvalue weighted by molar-refractivity contribution is 0.280. The molecule has 3 heteroatoms. The highest BCUT2D eigenvalue weighted by atomic mass is 16.5. The summed E-state index contributed by atoms with van der Waals surface area (Å²) in [5.74, 6) is 7.02. The fraction of sp³-hybridized carbons (Fsp3) is 0.316. The van der Waals surface area contributed by atoms with E-state index in [1.807, 2.05) is 49.4 Å². The minimum Gasteiger partial charge on any atom is -0.491 e.